The second-order valence-corrected chi connectivity index (χ2v) is 8.04. The Morgan fingerprint density at radius 3 is 2.83 bits per heavy atom. The molecule has 4 rings (SSSR count). The minimum atomic E-state index is 0.00748. The number of aliphatic hydroxyl groups is 1. The van der Waals surface area contributed by atoms with Crippen molar-refractivity contribution in [3.63, 3.8) is 0 Å². The van der Waals surface area contributed by atoms with Gasteiger partial charge in [-0.05, 0) is 44.4 Å². The van der Waals surface area contributed by atoms with Crippen molar-refractivity contribution < 1.29 is 9.84 Å². The van der Waals surface area contributed by atoms with Crippen molar-refractivity contribution in [3.8, 4) is 16.3 Å². The summed E-state index contributed by atoms with van der Waals surface area (Å²) < 4.78 is 5.84. The van der Waals surface area contributed by atoms with E-state index in [1.54, 1.807) is 6.20 Å². The van der Waals surface area contributed by atoms with Crippen molar-refractivity contribution in [1.82, 2.24) is 25.3 Å². The molecule has 0 unspecified atom stereocenters. The lowest BCUT2D eigenvalue weighted by molar-refractivity contribution is 0.261. The summed E-state index contributed by atoms with van der Waals surface area (Å²) in [6.07, 6.45) is 1.78. The van der Waals surface area contributed by atoms with Gasteiger partial charge in [0, 0.05) is 29.7 Å². The van der Waals surface area contributed by atoms with Crippen LogP contribution in [0.5, 0.6) is 5.75 Å². The molecule has 0 bridgehead atoms. The number of H-pyrrole nitrogens is 1. The summed E-state index contributed by atoms with van der Waals surface area (Å²) in [4.78, 5) is 4.04. The Labute approximate surface area is 178 Å². The molecule has 0 aliphatic heterocycles. The monoisotopic (exact) mass is 424 g/mol. The van der Waals surface area contributed by atoms with Crippen LogP contribution < -0.4 is 9.64 Å². The number of hydrogen-bond acceptors (Lipinski definition) is 8. The minimum absolute atomic E-state index is 0.00748. The summed E-state index contributed by atoms with van der Waals surface area (Å²) in [5.41, 5.74) is 2.85. The van der Waals surface area contributed by atoms with E-state index in [4.69, 9.17) is 4.74 Å². The molecule has 0 aliphatic carbocycles. The highest BCUT2D eigenvalue weighted by Crippen LogP contribution is 2.34. The molecule has 30 heavy (non-hydrogen) atoms. The third-order valence-electron chi connectivity index (χ3n) is 4.59. The molecule has 0 atom stereocenters. The van der Waals surface area contributed by atoms with Crippen LogP contribution >= 0.6 is 11.3 Å². The molecule has 156 valence electrons. The van der Waals surface area contributed by atoms with Crippen molar-refractivity contribution in [3.05, 3.63) is 48.7 Å². The zero-order chi connectivity index (χ0) is 20.9. The van der Waals surface area contributed by atoms with Gasteiger partial charge < -0.3 is 19.6 Å². The van der Waals surface area contributed by atoms with Gasteiger partial charge >= 0.3 is 0 Å². The summed E-state index contributed by atoms with van der Waals surface area (Å²) in [7, 11) is 4.04. The number of rotatable bonds is 9. The lowest BCUT2D eigenvalue weighted by atomic mass is 10.2. The van der Waals surface area contributed by atoms with Crippen molar-refractivity contribution in [2.75, 3.05) is 45.3 Å². The summed E-state index contributed by atoms with van der Waals surface area (Å²) in [6, 6.07) is 13.9. The Balaban J connectivity index is 1.57. The van der Waals surface area contributed by atoms with E-state index < -0.39 is 0 Å². The first-order chi connectivity index (χ1) is 14.6. The molecule has 2 heterocycles. The van der Waals surface area contributed by atoms with Crippen LogP contribution in [0.2, 0.25) is 0 Å². The van der Waals surface area contributed by atoms with Gasteiger partial charge in [-0.2, -0.15) is 5.10 Å². The summed E-state index contributed by atoms with van der Waals surface area (Å²) in [6.45, 7) is 1.90. The maximum absolute atomic E-state index is 9.59. The summed E-state index contributed by atoms with van der Waals surface area (Å²) in [5.74, 6) is 0.809. The van der Waals surface area contributed by atoms with E-state index in [9.17, 15) is 5.11 Å². The Morgan fingerprint density at radius 2 is 2.00 bits per heavy atom. The summed E-state index contributed by atoms with van der Waals surface area (Å²) >= 11 is 1.48. The maximum Gasteiger partial charge on any atom is 0.213 e. The molecule has 0 saturated carbocycles. The fourth-order valence-electron chi connectivity index (χ4n) is 3.04. The van der Waals surface area contributed by atoms with Gasteiger partial charge in [0.1, 0.15) is 17.4 Å². The molecule has 0 aliphatic rings. The Morgan fingerprint density at radius 1 is 1.10 bits per heavy atom. The highest BCUT2D eigenvalue weighted by atomic mass is 32.1. The van der Waals surface area contributed by atoms with E-state index in [1.165, 1.54) is 11.3 Å². The molecule has 9 heteroatoms. The number of ether oxygens (including phenoxy) is 1. The fraction of sp³-hybridized carbons (Fsp3) is 0.286. The second kappa shape index (κ2) is 9.21. The standard InChI is InChI=1S/C21H24N6O2S/c1-26(2)9-11-29-18-5-3-4-15(13-18)20-24-25-21(30-20)27(8-10-28)17-6-7-19-16(12-17)14-22-23-19/h3-7,12-14,28H,8-11H2,1-2H3,(H,22,23). The van der Waals surface area contributed by atoms with Crippen LogP contribution in [0, 0.1) is 0 Å². The van der Waals surface area contributed by atoms with Gasteiger partial charge in [0.2, 0.25) is 5.13 Å². The zero-order valence-electron chi connectivity index (χ0n) is 16.9. The number of hydrogen-bond donors (Lipinski definition) is 2. The van der Waals surface area contributed by atoms with E-state index in [0.717, 1.165) is 44.6 Å². The first-order valence-electron chi connectivity index (χ1n) is 9.67. The Hall–Kier alpha value is -3.01. The van der Waals surface area contributed by atoms with Gasteiger partial charge in [0.05, 0.1) is 18.3 Å². The largest absolute Gasteiger partial charge is 0.492 e. The second-order valence-electron chi connectivity index (χ2n) is 7.09. The Bertz CT molecular complexity index is 1110. The number of anilines is 2. The number of benzene rings is 2. The number of nitrogens with zero attached hydrogens (tertiary/aromatic N) is 5. The van der Waals surface area contributed by atoms with E-state index in [-0.39, 0.29) is 6.61 Å². The normalized spacial score (nSPS) is 11.3. The van der Waals surface area contributed by atoms with Crippen LogP contribution in [0.3, 0.4) is 0 Å². The highest BCUT2D eigenvalue weighted by Gasteiger charge is 2.16. The third kappa shape index (κ3) is 4.59. The molecular formula is C21H24N6O2S. The summed E-state index contributed by atoms with van der Waals surface area (Å²) in [5, 5.41) is 27.9. The zero-order valence-corrected chi connectivity index (χ0v) is 17.8. The van der Waals surface area contributed by atoms with Gasteiger partial charge in [-0.25, -0.2) is 0 Å². The van der Waals surface area contributed by atoms with E-state index in [1.807, 2.05) is 61.5 Å². The Kier molecular flexibility index (Phi) is 6.22. The third-order valence-corrected chi connectivity index (χ3v) is 5.59. The number of nitrogens with one attached hydrogen (secondary N) is 1. The minimum Gasteiger partial charge on any atom is -0.492 e. The lowest BCUT2D eigenvalue weighted by Crippen LogP contribution is -2.20. The van der Waals surface area contributed by atoms with Crippen LogP contribution in [0.1, 0.15) is 0 Å². The van der Waals surface area contributed by atoms with Gasteiger partial charge in [0.25, 0.3) is 0 Å². The van der Waals surface area contributed by atoms with Crippen molar-refractivity contribution in [1.29, 1.82) is 0 Å². The molecule has 2 aromatic heterocycles. The molecule has 4 aromatic rings. The lowest BCUT2D eigenvalue weighted by Gasteiger charge is -2.20. The molecule has 2 N–H and O–H groups in total. The van der Waals surface area contributed by atoms with E-state index in [2.05, 4.69) is 25.3 Å². The molecule has 0 fully saturated rings. The van der Waals surface area contributed by atoms with Crippen LogP contribution in [0.25, 0.3) is 21.5 Å². The van der Waals surface area contributed by atoms with Crippen LogP contribution in [0.4, 0.5) is 10.8 Å². The molecular weight excluding hydrogens is 400 g/mol. The van der Waals surface area contributed by atoms with Crippen molar-refractivity contribution in [2.45, 2.75) is 0 Å². The van der Waals surface area contributed by atoms with E-state index >= 15 is 0 Å². The SMILES string of the molecule is CN(C)CCOc1cccc(-c2nnc(N(CCO)c3ccc4[nH]ncc4c3)s2)c1. The first kappa shape index (κ1) is 20.3. The number of likely N-dealkylation sites (N-methyl/N-ethyl adjacent to an activating group) is 1. The number of fused-ring (bicyclic) bond motifs is 1. The molecule has 0 saturated heterocycles. The average molecular weight is 425 g/mol. The fourth-order valence-corrected chi connectivity index (χ4v) is 3.93. The van der Waals surface area contributed by atoms with E-state index in [0.29, 0.717) is 13.2 Å². The van der Waals surface area contributed by atoms with Crippen molar-refractivity contribution >= 4 is 33.1 Å². The first-order valence-corrected chi connectivity index (χ1v) is 10.5. The predicted molar refractivity (Wildman–Crippen MR) is 120 cm³/mol. The molecule has 2 aromatic carbocycles. The van der Waals surface area contributed by atoms with Gasteiger partial charge in [-0.15, -0.1) is 10.2 Å². The quantitative estimate of drug-likeness (QED) is 0.426. The van der Waals surface area contributed by atoms with Crippen LogP contribution in [0.15, 0.2) is 48.7 Å². The maximum atomic E-state index is 9.59. The number of aromatic nitrogens is 4. The van der Waals surface area contributed by atoms with Crippen LogP contribution in [-0.4, -0.2) is 70.8 Å². The predicted octanol–water partition coefficient (Wildman–Crippen LogP) is 3.15. The number of aliphatic hydroxyl groups excluding tert-OH is 1. The van der Waals surface area contributed by atoms with Crippen molar-refractivity contribution in [2.24, 2.45) is 0 Å². The van der Waals surface area contributed by atoms with Gasteiger partial charge in [-0.1, -0.05) is 23.5 Å². The van der Waals surface area contributed by atoms with Gasteiger partial charge in [0.15, 0.2) is 0 Å². The molecule has 8 nitrogen and oxygen atoms in total. The smallest absolute Gasteiger partial charge is 0.213 e. The topological polar surface area (TPSA) is 90.4 Å². The molecule has 0 spiro atoms. The molecule has 0 amide bonds. The van der Waals surface area contributed by atoms with Gasteiger partial charge in [-0.3, -0.25) is 5.10 Å². The molecule has 0 radical (unpaired) electrons. The van der Waals surface area contributed by atoms with Crippen LogP contribution in [-0.2, 0) is 0 Å². The number of aromatic amines is 1. The highest BCUT2D eigenvalue weighted by molar-refractivity contribution is 7.18. The average Bonchev–Trinajstić information content (AvgIpc) is 3.41.